The van der Waals surface area contributed by atoms with Crippen LogP contribution in [-0.2, 0) is 6.42 Å². The van der Waals surface area contributed by atoms with Gasteiger partial charge in [0, 0.05) is 24.0 Å². The molecule has 0 radical (unpaired) electrons. The van der Waals surface area contributed by atoms with E-state index in [2.05, 4.69) is 30.2 Å². The maximum atomic E-state index is 8.39. The average Bonchev–Trinajstić information content (AvgIpc) is 2.66. The normalized spacial score (nSPS) is 12.4. The van der Waals surface area contributed by atoms with Crippen molar-refractivity contribution in [2.24, 2.45) is 0 Å². The second kappa shape index (κ2) is 5.74. The third-order valence-electron chi connectivity index (χ3n) is 1.98. The number of hydrogen-bond donors (Lipinski definition) is 1. The molecule has 4 heteroatoms. The molecule has 0 aliphatic carbocycles. The molecule has 1 aromatic rings. The van der Waals surface area contributed by atoms with Crippen LogP contribution in [0.15, 0.2) is 6.20 Å². The van der Waals surface area contributed by atoms with Crippen LogP contribution < -0.4 is 5.32 Å². The van der Waals surface area contributed by atoms with Crippen LogP contribution in [0.3, 0.4) is 0 Å². The lowest BCUT2D eigenvalue weighted by molar-refractivity contribution is 0.580. The summed E-state index contributed by atoms with van der Waals surface area (Å²) in [5.41, 5.74) is 0. The SMILES string of the molecule is CCc1cnc(C(C)NCCC#N)s1. The fourth-order valence-electron chi connectivity index (χ4n) is 1.12. The third-order valence-corrected chi connectivity index (χ3v) is 3.30. The van der Waals surface area contributed by atoms with Gasteiger partial charge in [-0.25, -0.2) is 4.98 Å². The quantitative estimate of drug-likeness (QED) is 0.757. The van der Waals surface area contributed by atoms with Crippen molar-refractivity contribution in [2.45, 2.75) is 32.7 Å². The van der Waals surface area contributed by atoms with Gasteiger partial charge in [0.1, 0.15) is 5.01 Å². The van der Waals surface area contributed by atoms with Crippen molar-refractivity contribution >= 4 is 11.3 Å². The van der Waals surface area contributed by atoms with E-state index in [4.69, 9.17) is 5.26 Å². The number of nitrogens with one attached hydrogen (secondary N) is 1. The minimum absolute atomic E-state index is 0.258. The van der Waals surface area contributed by atoms with Crippen LogP contribution in [0.25, 0.3) is 0 Å². The smallest absolute Gasteiger partial charge is 0.109 e. The predicted molar refractivity (Wildman–Crippen MR) is 58.1 cm³/mol. The standard InChI is InChI=1S/C10H15N3S/c1-3-9-7-13-10(14-9)8(2)12-6-4-5-11/h7-8,12H,3-4,6H2,1-2H3. The number of nitriles is 1. The first-order valence-electron chi connectivity index (χ1n) is 4.82. The van der Waals surface area contributed by atoms with Crippen molar-refractivity contribution in [3.05, 3.63) is 16.1 Å². The molecule has 0 fully saturated rings. The van der Waals surface area contributed by atoms with Crippen LogP contribution >= 0.6 is 11.3 Å². The van der Waals surface area contributed by atoms with Crippen LogP contribution in [0.2, 0.25) is 0 Å². The lowest BCUT2D eigenvalue weighted by Gasteiger charge is -2.08. The van der Waals surface area contributed by atoms with E-state index in [0.29, 0.717) is 6.42 Å². The Morgan fingerprint density at radius 1 is 1.71 bits per heavy atom. The molecule has 0 saturated heterocycles. The zero-order chi connectivity index (χ0) is 10.4. The fourth-order valence-corrected chi connectivity index (χ4v) is 2.00. The topological polar surface area (TPSA) is 48.7 Å². The maximum absolute atomic E-state index is 8.39. The molecule has 1 atom stereocenters. The van der Waals surface area contributed by atoms with Crippen LogP contribution in [0.1, 0.15) is 36.2 Å². The molecule has 0 aliphatic heterocycles. The summed E-state index contributed by atoms with van der Waals surface area (Å²) in [5.74, 6) is 0. The van der Waals surface area contributed by atoms with Crippen LogP contribution in [0.5, 0.6) is 0 Å². The molecular formula is C10H15N3S. The second-order valence-electron chi connectivity index (χ2n) is 3.10. The molecular weight excluding hydrogens is 194 g/mol. The summed E-state index contributed by atoms with van der Waals surface area (Å²) < 4.78 is 0. The molecule has 3 nitrogen and oxygen atoms in total. The zero-order valence-electron chi connectivity index (χ0n) is 8.58. The van der Waals surface area contributed by atoms with Crippen LogP contribution in [0, 0.1) is 11.3 Å². The first-order valence-corrected chi connectivity index (χ1v) is 5.64. The molecule has 1 N–H and O–H groups in total. The number of thiazole rings is 1. The molecule has 0 bridgehead atoms. The lowest BCUT2D eigenvalue weighted by atomic mass is 10.3. The average molecular weight is 209 g/mol. The van der Waals surface area contributed by atoms with Crippen molar-refractivity contribution in [1.82, 2.24) is 10.3 Å². The van der Waals surface area contributed by atoms with E-state index in [0.717, 1.165) is 18.0 Å². The van der Waals surface area contributed by atoms with E-state index in [-0.39, 0.29) is 6.04 Å². The van der Waals surface area contributed by atoms with Gasteiger partial charge in [-0.1, -0.05) is 6.92 Å². The zero-order valence-corrected chi connectivity index (χ0v) is 9.40. The minimum atomic E-state index is 0.258. The molecule has 1 rings (SSSR count). The predicted octanol–water partition coefficient (Wildman–Crippen LogP) is 2.27. The molecule has 0 saturated carbocycles. The van der Waals surface area contributed by atoms with Gasteiger partial charge in [0.15, 0.2) is 0 Å². The number of rotatable bonds is 5. The number of hydrogen-bond acceptors (Lipinski definition) is 4. The van der Waals surface area contributed by atoms with Crippen molar-refractivity contribution < 1.29 is 0 Å². The molecule has 1 unspecified atom stereocenters. The van der Waals surface area contributed by atoms with Gasteiger partial charge in [-0.15, -0.1) is 11.3 Å². The van der Waals surface area contributed by atoms with E-state index >= 15 is 0 Å². The van der Waals surface area contributed by atoms with Gasteiger partial charge in [0.25, 0.3) is 0 Å². The Morgan fingerprint density at radius 2 is 2.50 bits per heavy atom. The van der Waals surface area contributed by atoms with Gasteiger partial charge < -0.3 is 5.32 Å². The van der Waals surface area contributed by atoms with Crippen molar-refractivity contribution in [2.75, 3.05) is 6.54 Å². The molecule has 1 aromatic heterocycles. The van der Waals surface area contributed by atoms with Crippen molar-refractivity contribution in [3.8, 4) is 6.07 Å². The number of aromatic nitrogens is 1. The van der Waals surface area contributed by atoms with Gasteiger partial charge in [-0.2, -0.15) is 5.26 Å². The summed E-state index contributed by atoms with van der Waals surface area (Å²) in [7, 11) is 0. The summed E-state index contributed by atoms with van der Waals surface area (Å²) in [6, 6.07) is 2.37. The molecule has 0 amide bonds. The van der Waals surface area contributed by atoms with Gasteiger partial charge >= 0.3 is 0 Å². The van der Waals surface area contributed by atoms with Crippen LogP contribution in [0.4, 0.5) is 0 Å². The highest BCUT2D eigenvalue weighted by Gasteiger charge is 2.08. The molecule has 14 heavy (non-hydrogen) atoms. The van der Waals surface area contributed by atoms with E-state index < -0.39 is 0 Å². The number of aryl methyl sites for hydroxylation is 1. The highest BCUT2D eigenvalue weighted by atomic mass is 32.1. The maximum Gasteiger partial charge on any atom is 0.109 e. The highest BCUT2D eigenvalue weighted by Crippen LogP contribution is 2.19. The van der Waals surface area contributed by atoms with Gasteiger partial charge in [-0.05, 0) is 13.3 Å². The summed E-state index contributed by atoms with van der Waals surface area (Å²) in [5, 5.41) is 12.8. The summed E-state index contributed by atoms with van der Waals surface area (Å²) in [4.78, 5) is 5.65. The lowest BCUT2D eigenvalue weighted by Crippen LogP contribution is -2.19. The van der Waals surface area contributed by atoms with E-state index in [1.165, 1.54) is 4.88 Å². The molecule has 0 aromatic carbocycles. The second-order valence-corrected chi connectivity index (χ2v) is 4.25. The Labute approximate surface area is 88.8 Å². The molecule has 1 heterocycles. The van der Waals surface area contributed by atoms with Gasteiger partial charge in [-0.3, -0.25) is 0 Å². The monoisotopic (exact) mass is 209 g/mol. The Bertz CT molecular complexity index is 313. The third kappa shape index (κ3) is 3.09. The Kier molecular flexibility index (Phi) is 4.57. The van der Waals surface area contributed by atoms with Crippen molar-refractivity contribution in [1.29, 1.82) is 5.26 Å². The van der Waals surface area contributed by atoms with Crippen LogP contribution in [-0.4, -0.2) is 11.5 Å². The van der Waals surface area contributed by atoms with E-state index in [9.17, 15) is 0 Å². The molecule has 0 spiro atoms. The first-order chi connectivity index (χ1) is 6.77. The largest absolute Gasteiger partial charge is 0.307 e. The highest BCUT2D eigenvalue weighted by molar-refractivity contribution is 7.11. The molecule has 0 aliphatic rings. The first kappa shape index (κ1) is 11.2. The Hall–Kier alpha value is -0.920. The number of nitrogens with zero attached hydrogens (tertiary/aromatic N) is 2. The van der Waals surface area contributed by atoms with Gasteiger partial charge in [0.2, 0.25) is 0 Å². The van der Waals surface area contributed by atoms with E-state index in [1.54, 1.807) is 11.3 Å². The molecule has 76 valence electrons. The van der Waals surface area contributed by atoms with E-state index in [1.807, 2.05) is 6.20 Å². The Balaban J connectivity index is 2.44. The summed E-state index contributed by atoms with van der Waals surface area (Å²) in [6.45, 7) is 4.94. The summed E-state index contributed by atoms with van der Waals surface area (Å²) in [6.07, 6.45) is 3.53. The van der Waals surface area contributed by atoms with Gasteiger partial charge in [0.05, 0.1) is 12.1 Å². The Morgan fingerprint density at radius 3 is 3.07 bits per heavy atom. The van der Waals surface area contributed by atoms with Crippen molar-refractivity contribution in [3.63, 3.8) is 0 Å². The summed E-state index contributed by atoms with van der Waals surface area (Å²) >= 11 is 1.74. The fraction of sp³-hybridized carbons (Fsp3) is 0.600. The minimum Gasteiger partial charge on any atom is -0.307 e.